The van der Waals surface area contributed by atoms with E-state index in [0.29, 0.717) is 22.6 Å². The van der Waals surface area contributed by atoms with E-state index in [9.17, 15) is 9.59 Å². The van der Waals surface area contributed by atoms with Crippen LogP contribution in [0.2, 0.25) is 0 Å². The summed E-state index contributed by atoms with van der Waals surface area (Å²) in [5.74, 6) is 0.547. The third kappa shape index (κ3) is 4.80. The summed E-state index contributed by atoms with van der Waals surface area (Å²) in [6.07, 6.45) is 3.11. The van der Waals surface area contributed by atoms with E-state index in [4.69, 9.17) is 9.47 Å². The van der Waals surface area contributed by atoms with Gasteiger partial charge < -0.3 is 9.47 Å². The Balaban J connectivity index is 1.85. The largest absolute Gasteiger partial charge is 0.460 e. The van der Waals surface area contributed by atoms with Crippen LogP contribution in [-0.4, -0.2) is 24.6 Å². The van der Waals surface area contributed by atoms with Crippen LogP contribution in [0.3, 0.4) is 0 Å². The Kier molecular flexibility index (Phi) is 6.22. The van der Waals surface area contributed by atoms with Gasteiger partial charge in [-0.15, -0.1) is 11.3 Å². The minimum Gasteiger partial charge on any atom is -0.460 e. The first kappa shape index (κ1) is 18.0. The third-order valence-corrected chi connectivity index (χ3v) is 5.61. The lowest BCUT2D eigenvalue weighted by molar-refractivity contribution is -0.159. The fourth-order valence-electron chi connectivity index (χ4n) is 3.22. The topological polar surface area (TPSA) is 52.6 Å². The fourth-order valence-corrected chi connectivity index (χ4v) is 4.04. The molecule has 1 aromatic heterocycles. The van der Waals surface area contributed by atoms with E-state index >= 15 is 0 Å². The quantitative estimate of drug-likeness (QED) is 0.754. The summed E-state index contributed by atoms with van der Waals surface area (Å²) >= 11 is 1.32. The maximum atomic E-state index is 12.0. The van der Waals surface area contributed by atoms with Crippen molar-refractivity contribution in [2.45, 2.75) is 53.1 Å². The van der Waals surface area contributed by atoms with Gasteiger partial charge in [-0.1, -0.05) is 27.2 Å². The molecule has 0 aromatic carbocycles. The van der Waals surface area contributed by atoms with Crippen molar-refractivity contribution in [3.63, 3.8) is 0 Å². The molecule has 0 amide bonds. The third-order valence-electron chi connectivity index (χ3n) is 4.61. The summed E-state index contributed by atoms with van der Waals surface area (Å²) in [5, 5.41) is 1.83. The average molecular weight is 338 g/mol. The molecule has 4 nitrogen and oxygen atoms in total. The van der Waals surface area contributed by atoms with Gasteiger partial charge in [-0.25, -0.2) is 9.59 Å². The molecule has 0 N–H and O–H groups in total. The van der Waals surface area contributed by atoms with E-state index in [1.165, 1.54) is 17.8 Å². The van der Waals surface area contributed by atoms with E-state index in [-0.39, 0.29) is 12.7 Å². The maximum absolute atomic E-state index is 12.0. The molecule has 1 aliphatic carbocycles. The molecular weight excluding hydrogens is 312 g/mol. The molecule has 0 saturated heterocycles. The molecule has 2 rings (SSSR count). The smallest absolute Gasteiger partial charge is 0.349 e. The number of hydrogen-bond acceptors (Lipinski definition) is 5. The first-order chi connectivity index (χ1) is 10.9. The first-order valence-electron chi connectivity index (χ1n) is 8.29. The van der Waals surface area contributed by atoms with Gasteiger partial charge in [-0.05, 0) is 54.5 Å². The summed E-state index contributed by atoms with van der Waals surface area (Å²) in [5.41, 5.74) is 0.870. The van der Waals surface area contributed by atoms with Crippen LogP contribution < -0.4 is 0 Å². The zero-order valence-electron chi connectivity index (χ0n) is 14.3. The van der Waals surface area contributed by atoms with Gasteiger partial charge in [0, 0.05) is 0 Å². The highest BCUT2D eigenvalue weighted by molar-refractivity contribution is 7.12. The van der Waals surface area contributed by atoms with Crippen LogP contribution in [0.5, 0.6) is 0 Å². The van der Waals surface area contributed by atoms with Crippen LogP contribution in [0.1, 0.15) is 55.3 Å². The standard InChI is InChI=1S/C18H26O4S/c1-11(2)14-6-5-12(3)9-15(14)22-16(19)10-21-18(20)17-13(4)7-8-23-17/h7-8,11-12,14-15H,5-6,9-10H2,1-4H3/t12-,14+,15+/m0/s1. The monoisotopic (exact) mass is 338 g/mol. The second-order valence-electron chi connectivity index (χ2n) is 6.86. The van der Waals surface area contributed by atoms with Gasteiger partial charge in [0.1, 0.15) is 11.0 Å². The summed E-state index contributed by atoms with van der Waals surface area (Å²) in [7, 11) is 0. The fraction of sp³-hybridized carbons (Fsp3) is 0.667. The van der Waals surface area contributed by atoms with E-state index in [2.05, 4.69) is 20.8 Å². The molecule has 3 atom stereocenters. The van der Waals surface area contributed by atoms with E-state index < -0.39 is 11.9 Å². The molecule has 0 unspecified atom stereocenters. The Morgan fingerprint density at radius 2 is 2.09 bits per heavy atom. The molecule has 1 fully saturated rings. The lowest BCUT2D eigenvalue weighted by atomic mass is 9.75. The Morgan fingerprint density at radius 1 is 1.35 bits per heavy atom. The van der Waals surface area contributed by atoms with E-state index in [0.717, 1.165) is 18.4 Å². The van der Waals surface area contributed by atoms with Crippen molar-refractivity contribution in [2.75, 3.05) is 6.61 Å². The summed E-state index contributed by atoms with van der Waals surface area (Å²) in [4.78, 5) is 24.5. The highest BCUT2D eigenvalue weighted by Gasteiger charge is 2.33. The zero-order valence-corrected chi connectivity index (χ0v) is 15.2. The lowest BCUT2D eigenvalue weighted by Gasteiger charge is -2.36. The van der Waals surface area contributed by atoms with Crippen LogP contribution >= 0.6 is 11.3 Å². The first-order valence-corrected chi connectivity index (χ1v) is 9.17. The lowest BCUT2D eigenvalue weighted by Crippen LogP contribution is -2.36. The van der Waals surface area contributed by atoms with Crippen LogP contribution in [0.4, 0.5) is 0 Å². The SMILES string of the molecule is Cc1ccsc1C(=O)OCC(=O)O[C@@H]1C[C@@H](C)CC[C@@H]1C(C)C. The molecule has 23 heavy (non-hydrogen) atoms. The van der Waals surface area contributed by atoms with E-state index in [1.807, 2.05) is 18.4 Å². The van der Waals surface area contributed by atoms with Crippen molar-refractivity contribution in [3.8, 4) is 0 Å². The predicted molar refractivity (Wildman–Crippen MR) is 90.6 cm³/mol. The van der Waals surface area contributed by atoms with Crippen molar-refractivity contribution >= 4 is 23.3 Å². The van der Waals surface area contributed by atoms with Gasteiger partial charge in [0.15, 0.2) is 6.61 Å². The van der Waals surface area contributed by atoms with Crippen LogP contribution in [0, 0.1) is 24.7 Å². The Morgan fingerprint density at radius 3 is 2.70 bits per heavy atom. The molecule has 0 spiro atoms. The molecule has 1 aliphatic rings. The highest BCUT2D eigenvalue weighted by Crippen LogP contribution is 2.35. The molecule has 0 radical (unpaired) electrons. The zero-order chi connectivity index (χ0) is 17.0. The number of aryl methyl sites for hydroxylation is 1. The number of carbonyl (C=O) groups is 2. The Labute approximate surface area is 142 Å². The number of hydrogen-bond donors (Lipinski definition) is 0. The highest BCUT2D eigenvalue weighted by atomic mass is 32.1. The molecule has 0 bridgehead atoms. The molecule has 1 aromatic rings. The van der Waals surface area contributed by atoms with Gasteiger partial charge >= 0.3 is 11.9 Å². The minimum absolute atomic E-state index is 0.0616. The van der Waals surface area contributed by atoms with Gasteiger partial charge in [0.25, 0.3) is 0 Å². The maximum Gasteiger partial charge on any atom is 0.349 e. The van der Waals surface area contributed by atoms with Crippen molar-refractivity contribution in [1.29, 1.82) is 0 Å². The normalized spacial score (nSPS) is 24.5. The molecule has 128 valence electrons. The summed E-state index contributed by atoms with van der Waals surface area (Å²) < 4.78 is 10.7. The minimum atomic E-state index is -0.452. The second-order valence-corrected chi connectivity index (χ2v) is 7.78. The molecule has 0 aliphatic heterocycles. The Hall–Kier alpha value is -1.36. The number of ether oxygens (including phenoxy) is 2. The summed E-state index contributed by atoms with van der Waals surface area (Å²) in [6, 6.07) is 1.86. The van der Waals surface area contributed by atoms with Crippen LogP contribution in [0.15, 0.2) is 11.4 Å². The van der Waals surface area contributed by atoms with Gasteiger partial charge in [-0.3, -0.25) is 0 Å². The van der Waals surface area contributed by atoms with Crippen molar-refractivity contribution in [3.05, 3.63) is 21.9 Å². The number of thiophene rings is 1. The molecule has 5 heteroatoms. The van der Waals surface area contributed by atoms with Gasteiger partial charge in [-0.2, -0.15) is 0 Å². The molecule has 1 heterocycles. The Bertz CT molecular complexity index is 549. The summed E-state index contributed by atoms with van der Waals surface area (Å²) in [6.45, 7) is 8.06. The number of rotatable bonds is 5. The van der Waals surface area contributed by atoms with E-state index in [1.54, 1.807) is 0 Å². The number of carbonyl (C=O) groups excluding carboxylic acids is 2. The number of esters is 2. The van der Waals surface area contributed by atoms with Crippen molar-refractivity contribution < 1.29 is 19.1 Å². The predicted octanol–water partition coefficient (Wildman–Crippen LogP) is 4.22. The van der Waals surface area contributed by atoms with Crippen molar-refractivity contribution in [2.24, 2.45) is 17.8 Å². The van der Waals surface area contributed by atoms with Crippen LogP contribution in [-0.2, 0) is 14.3 Å². The molecule has 1 saturated carbocycles. The van der Waals surface area contributed by atoms with Gasteiger partial charge in [0.05, 0.1) is 0 Å². The van der Waals surface area contributed by atoms with Crippen molar-refractivity contribution in [1.82, 2.24) is 0 Å². The average Bonchev–Trinajstić information content (AvgIpc) is 2.90. The van der Waals surface area contributed by atoms with Gasteiger partial charge in [0.2, 0.25) is 0 Å². The van der Waals surface area contributed by atoms with Crippen LogP contribution in [0.25, 0.3) is 0 Å². The second kappa shape index (κ2) is 7.95. The molecular formula is C18H26O4S.